The van der Waals surface area contributed by atoms with E-state index in [0.717, 1.165) is 0 Å². The standard InChI is InChI=1S/C8H19ClN2O2S/c1-7(2)11(4)14(12,13)10-6-8(3)5-9/h7-8,10H,5-6H2,1-4H3. The van der Waals surface area contributed by atoms with Gasteiger partial charge in [0.1, 0.15) is 0 Å². The minimum Gasteiger partial charge on any atom is -0.202 e. The smallest absolute Gasteiger partial charge is 0.202 e. The summed E-state index contributed by atoms with van der Waals surface area (Å²) in [5.41, 5.74) is 0. The molecular formula is C8H19ClN2O2S. The van der Waals surface area contributed by atoms with Crippen molar-refractivity contribution in [2.45, 2.75) is 26.8 Å². The number of nitrogens with zero attached hydrogens (tertiary/aromatic N) is 1. The van der Waals surface area contributed by atoms with E-state index in [1.54, 1.807) is 7.05 Å². The summed E-state index contributed by atoms with van der Waals surface area (Å²) < 4.78 is 26.9. The van der Waals surface area contributed by atoms with E-state index in [1.165, 1.54) is 4.31 Å². The van der Waals surface area contributed by atoms with Crippen molar-refractivity contribution >= 4 is 21.8 Å². The summed E-state index contributed by atoms with van der Waals surface area (Å²) in [7, 11) is -1.79. The molecule has 1 unspecified atom stereocenters. The van der Waals surface area contributed by atoms with Crippen LogP contribution < -0.4 is 4.72 Å². The summed E-state index contributed by atoms with van der Waals surface area (Å²) >= 11 is 5.57. The quantitative estimate of drug-likeness (QED) is 0.708. The maximum absolute atomic E-state index is 11.6. The van der Waals surface area contributed by atoms with Crippen LogP contribution in [0.5, 0.6) is 0 Å². The predicted octanol–water partition coefficient (Wildman–Crippen LogP) is 1.04. The fraction of sp³-hybridized carbons (Fsp3) is 1.00. The van der Waals surface area contributed by atoms with Gasteiger partial charge in [0.25, 0.3) is 10.2 Å². The Morgan fingerprint density at radius 3 is 2.21 bits per heavy atom. The van der Waals surface area contributed by atoms with E-state index >= 15 is 0 Å². The summed E-state index contributed by atoms with van der Waals surface area (Å²) in [6, 6.07) is -0.0428. The van der Waals surface area contributed by atoms with Crippen molar-refractivity contribution in [1.82, 2.24) is 9.03 Å². The summed E-state index contributed by atoms with van der Waals surface area (Å²) in [5, 5.41) is 0. The van der Waals surface area contributed by atoms with E-state index in [4.69, 9.17) is 11.6 Å². The summed E-state index contributed by atoms with van der Waals surface area (Å²) in [6.45, 7) is 5.92. The highest BCUT2D eigenvalue weighted by atomic mass is 35.5. The summed E-state index contributed by atoms with van der Waals surface area (Å²) in [4.78, 5) is 0. The normalized spacial score (nSPS) is 15.1. The first-order chi connectivity index (χ1) is 6.31. The highest BCUT2D eigenvalue weighted by molar-refractivity contribution is 7.87. The molecule has 1 N–H and O–H groups in total. The van der Waals surface area contributed by atoms with Gasteiger partial charge in [0.05, 0.1) is 0 Å². The highest BCUT2D eigenvalue weighted by Crippen LogP contribution is 2.02. The molecule has 0 bridgehead atoms. The molecule has 86 valence electrons. The lowest BCUT2D eigenvalue weighted by molar-refractivity contribution is 0.399. The second kappa shape index (κ2) is 5.90. The third-order valence-corrected chi connectivity index (χ3v) is 4.22. The zero-order valence-corrected chi connectivity index (χ0v) is 10.7. The summed E-state index contributed by atoms with van der Waals surface area (Å²) in [5.74, 6) is 0.598. The minimum absolute atomic E-state index is 0.0428. The van der Waals surface area contributed by atoms with Crippen molar-refractivity contribution in [3.05, 3.63) is 0 Å². The van der Waals surface area contributed by atoms with E-state index < -0.39 is 10.2 Å². The zero-order chi connectivity index (χ0) is 11.4. The molecule has 0 saturated carbocycles. The molecular weight excluding hydrogens is 224 g/mol. The van der Waals surface area contributed by atoms with E-state index in [-0.39, 0.29) is 12.0 Å². The molecule has 0 aromatic rings. The van der Waals surface area contributed by atoms with Crippen LogP contribution in [0, 0.1) is 5.92 Å². The van der Waals surface area contributed by atoms with Gasteiger partial charge in [-0.1, -0.05) is 6.92 Å². The Morgan fingerprint density at radius 2 is 1.86 bits per heavy atom. The molecule has 14 heavy (non-hydrogen) atoms. The van der Waals surface area contributed by atoms with Gasteiger partial charge in [0.2, 0.25) is 0 Å². The first-order valence-electron chi connectivity index (χ1n) is 4.59. The molecule has 0 aromatic carbocycles. The van der Waals surface area contributed by atoms with Crippen LogP contribution in [0.2, 0.25) is 0 Å². The Bertz CT molecular complexity index is 254. The van der Waals surface area contributed by atoms with Crippen LogP contribution in [-0.2, 0) is 10.2 Å². The topological polar surface area (TPSA) is 49.4 Å². The average Bonchev–Trinajstić information content (AvgIpc) is 2.12. The Kier molecular flexibility index (Phi) is 5.97. The summed E-state index contributed by atoms with van der Waals surface area (Å²) in [6.07, 6.45) is 0. The highest BCUT2D eigenvalue weighted by Gasteiger charge is 2.20. The lowest BCUT2D eigenvalue weighted by Crippen LogP contribution is -2.43. The minimum atomic E-state index is -3.34. The van der Waals surface area contributed by atoms with Gasteiger partial charge in [-0.3, -0.25) is 0 Å². The molecule has 4 nitrogen and oxygen atoms in total. The van der Waals surface area contributed by atoms with Crippen LogP contribution in [0.25, 0.3) is 0 Å². The van der Waals surface area contributed by atoms with Crippen molar-refractivity contribution in [3.8, 4) is 0 Å². The Hall–Kier alpha value is 0.160. The SMILES string of the molecule is CC(CCl)CNS(=O)(=O)N(C)C(C)C. The number of hydrogen-bond acceptors (Lipinski definition) is 2. The fourth-order valence-corrected chi connectivity index (χ4v) is 2.04. The lowest BCUT2D eigenvalue weighted by atomic mass is 10.2. The molecule has 0 rings (SSSR count). The first-order valence-corrected chi connectivity index (χ1v) is 6.57. The average molecular weight is 243 g/mol. The molecule has 6 heteroatoms. The van der Waals surface area contributed by atoms with Crippen LogP contribution in [0.15, 0.2) is 0 Å². The lowest BCUT2D eigenvalue weighted by Gasteiger charge is -2.22. The van der Waals surface area contributed by atoms with E-state index in [0.29, 0.717) is 12.4 Å². The third-order valence-electron chi connectivity index (χ3n) is 1.98. The molecule has 0 saturated heterocycles. The number of hydrogen-bond donors (Lipinski definition) is 1. The first kappa shape index (κ1) is 14.2. The Morgan fingerprint density at radius 1 is 1.36 bits per heavy atom. The molecule has 0 amide bonds. The maximum Gasteiger partial charge on any atom is 0.279 e. The van der Waals surface area contributed by atoms with E-state index in [2.05, 4.69) is 4.72 Å². The van der Waals surface area contributed by atoms with Gasteiger partial charge in [-0.05, 0) is 19.8 Å². The van der Waals surface area contributed by atoms with E-state index in [9.17, 15) is 8.42 Å². The maximum atomic E-state index is 11.6. The third kappa shape index (κ3) is 4.59. The largest absolute Gasteiger partial charge is 0.279 e. The molecule has 0 radical (unpaired) electrons. The molecule has 0 aliphatic carbocycles. The number of halogens is 1. The second-order valence-corrected chi connectivity index (χ2v) is 5.85. The molecule has 0 aromatic heterocycles. The van der Waals surface area contributed by atoms with Crippen LogP contribution in [-0.4, -0.2) is 38.2 Å². The monoisotopic (exact) mass is 242 g/mol. The predicted molar refractivity (Wildman–Crippen MR) is 59.7 cm³/mol. The molecule has 0 aliphatic heterocycles. The van der Waals surface area contributed by atoms with Gasteiger partial charge in [-0.15, -0.1) is 11.6 Å². The Labute approximate surface area is 91.8 Å². The van der Waals surface area contributed by atoms with Crippen molar-refractivity contribution in [1.29, 1.82) is 0 Å². The van der Waals surface area contributed by atoms with Crippen LogP contribution >= 0.6 is 11.6 Å². The molecule has 0 heterocycles. The molecule has 0 aliphatic rings. The van der Waals surface area contributed by atoms with E-state index in [1.807, 2.05) is 20.8 Å². The van der Waals surface area contributed by atoms with Gasteiger partial charge in [0.15, 0.2) is 0 Å². The van der Waals surface area contributed by atoms with Gasteiger partial charge in [0, 0.05) is 25.5 Å². The van der Waals surface area contributed by atoms with Crippen LogP contribution in [0.3, 0.4) is 0 Å². The van der Waals surface area contributed by atoms with Crippen molar-refractivity contribution < 1.29 is 8.42 Å². The number of nitrogens with one attached hydrogen (secondary N) is 1. The van der Waals surface area contributed by atoms with Crippen molar-refractivity contribution in [2.24, 2.45) is 5.92 Å². The van der Waals surface area contributed by atoms with Crippen LogP contribution in [0.1, 0.15) is 20.8 Å². The van der Waals surface area contributed by atoms with Crippen molar-refractivity contribution in [2.75, 3.05) is 19.5 Å². The van der Waals surface area contributed by atoms with Gasteiger partial charge in [-0.25, -0.2) is 4.72 Å². The second-order valence-electron chi connectivity index (χ2n) is 3.72. The molecule has 0 spiro atoms. The Balaban J connectivity index is 4.22. The number of alkyl halides is 1. The van der Waals surface area contributed by atoms with Crippen molar-refractivity contribution in [3.63, 3.8) is 0 Å². The molecule has 0 fully saturated rings. The van der Waals surface area contributed by atoms with Gasteiger partial charge in [-0.2, -0.15) is 12.7 Å². The molecule has 1 atom stereocenters. The zero-order valence-electron chi connectivity index (χ0n) is 9.12. The fourth-order valence-electron chi connectivity index (χ4n) is 0.681. The van der Waals surface area contributed by atoms with Gasteiger partial charge >= 0.3 is 0 Å². The number of rotatable bonds is 6. The van der Waals surface area contributed by atoms with Gasteiger partial charge < -0.3 is 0 Å². The van der Waals surface area contributed by atoms with Crippen LogP contribution in [0.4, 0.5) is 0 Å².